The summed E-state index contributed by atoms with van der Waals surface area (Å²) >= 11 is 1.49. The van der Waals surface area contributed by atoms with Gasteiger partial charge in [-0.05, 0) is 81.3 Å². The molecule has 1 aromatic carbocycles. The van der Waals surface area contributed by atoms with Gasteiger partial charge in [0, 0.05) is 57.0 Å². The molecule has 1 N–H and O–H groups in total. The van der Waals surface area contributed by atoms with Crippen molar-refractivity contribution in [1.29, 1.82) is 0 Å². The van der Waals surface area contributed by atoms with Crippen molar-refractivity contribution in [3.8, 4) is 22.1 Å². The fourth-order valence-corrected chi connectivity index (χ4v) is 6.45. The lowest BCUT2D eigenvalue weighted by atomic mass is 10.0. The highest BCUT2D eigenvalue weighted by Crippen LogP contribution is 2.39. The lowest BCUT2D eigenvalue weighted by molar-refractivity contribution is -0.118. The Kier molecular flexibility index (Phi) is 8.64. The highest BCUT2D eigenvalue weighted by atomic mass is 32.1. The molecule has 10 heteroatoms. The number of pyridine rings is 2. The maximum absolute atomic E-state index is 15.0. The summed E-state index contributed by atoms with van der Waals surface area (Å²) in [6.07, 6.45) is 7.10. The number of benzene rings is 1. The normalized spacial score (nSPS) is 17.1. The molecule has 6 rings (SSSR count). The zero-order chi connectivity index (χ0) is 30.8. The fourth-order valence-electron chi connectivity index (χ4n) is 5.41. The average Bonchev–Trinajstić information content (AvgIpc) is 3.47. The molecule has 4 heterocycles. The molecule has 8 nitrogen and oxygen atoms in total. The van der Waals surface area contributed by atoms with Crippen molar-refractivity contribution in [2.24, 2.45) is 5.92 Å². The first-order valence-electron chi connectivity index (χ1n) is 15.1. The molecule has 2 aliphatic rings. The van der Waals surface area contributed by atoms with Crippen LogP contribution in [0.15, 0.2) is 54.9 Å². The van der Waals surface area contributed by atoms with Crippen molar-refractivity contribution in [3.63, 3.8) is 0 Å². The molecular weight excluding hydrogens is 579 g/mol. The van der Waals surface area contributed by atoms with Gasteiger partial charge in [0.1, 0.15) is 17.1 Å². The van der Waals surface area contributed by atoms with Crippen LogP contribution in [-0.4, -0.2) is 51.5 Å². The first kappa shape index (κ1) is 30.1. The highest BCUT2D eigenvalue weighted by Gasteiger charge is 2.27. The zero-order valence-electron chi connectivity index (χ0n) is 25.3. The van der Waals surface area contributed by atoms with Crippen LogP contribution in [0, 0.1) is 11.7 Å². The highest BCUT2D eigenvalue weighted by molar-refractivity contribution is 7.22. The van der Waals surface area contributed by atoms with Gasteiger partial charge in [0.2, 0.25) is 0 Å². The van der Waals surface area contributed by atoms with Gasteiger partial charge in [-0.15, -0.1) is 11.3 Å². The zero-order valence-corrected chi connectivity index (χ0v) is 26.1. The number of nitrogens with one attached hydrogen (secondary N) is 1. The Labute approximate surface area is 260 Å². The topological polar surface area (TPSA) is 93.6 Å². The molecule has 1 amide bonds. The summed E-state index contributed by atoms with van der Waals surface area (Å²) < 4.78 is 27.2. The van der Waals surface area contributed by atoms with E-state index in [1.54, 1.807) is 24.4 Å². The van der Waals surface area contributed by atoms with Crippen LogP contribution in [0.1, 0.15) is 57.6 Å². The van der Waals surface area contributed by atoms with E-state index < -0.39 is 11.4 Å². The number of thiophene rings is 1. The van der Waals surface area contributed by atoms with E-state index in [1.165, 1.54) is 17.4 Å². The Bertz CT molecular complexity index is 1660. The van der Waals surface area contributed by atoms with E-state index in [4.69, 9.17) is 14.5 Å². The number of rotatable bonds is 10. The molecular formula is C34H37FN4O4S. The number of hydrogen-bond acceptors (Lipinski definition) is 8. The van der Waals surface area contributed by atoms with E-state index in [1.807, 2.05) is 39.1 Å². The van der Waals surface area contributed by atoms with E-state index in [0.717, 1.165) is 65.2 Å². The molecule has 1 atom stereocenters. The fraction of sp³-hybridized carbons (Fsp3) is 0.412. The number of fused-ring (bicyclic) bond motifs is 1. The predicted octanol–water partition coefficient (Wildman–Crippen LogP) is 7.30. The smallest absolute Gasteiger partial charge is 0.407 e. The summed E-state index contributed by atoms with van der Waals surface area (Å²) in [5, 5.41) is 2.97. The largest absolute Gasteiger partial charge is 0.453 e. The van der Waals surface area contributed by atoms with E-state index >= 15 is 0 Å². The van der Waals surface area contributed by atoms with Gasteiger partial charge in [-0.3, -0.25) is 19.7 Å². The van der Waals surface area contributed by atoms with Crippen molar-refractivity contribution in [2.75, 3.05) is 13.1 Å². The molecule has 44 heavy (non-hydrogen) atoms. The summed E-state index contributed by atoms with van der Waals surface area (Å²) in [5.41, 5.74) is 2.80. The van der Waals surface area contributed by atoms with Crippen LogP contribution >= 0.6 is 11.3 Å². The molecule has 1 saturated heterocycles. The minimum Gasteiger partial charge on any atom is -0.453 e. The lowest BCUT2D eigenvalue weighted by Crippen LogP contribution is -2.40. The molecule has 0 bridgehead atoms. The second-order valence-corrected chi connectivity index (χ2v) is 13.8. The van der Waals surface area contributed by atoms with Gasteiger partial charge >= 0.3 is 6.09 Å². The number of amides is 1. The molecule has 0 spiro atoms. The van der Waals surface area contributed by atoms with Crippen LogP contribution in [0.4, 0.5) is 9.18 Å². The first-order chi connectivity index (χ1) is 21.1. The van der Waals surface area contributed by atoms with Crippen LogP contribution in [0.2, 0.25) is 0 Å². The van der Waals surface area contributed by atoms with Gasteiger partial charge in [-0.25, -0.2) is 9.18 Å². The third-order valence-electron chi connectivity index (χ3n) is 7.68. The first-order valence-corrected chi connectivity index (χ1v) is 15.9. The van der Waals surface area contributed by atoms with Crippen LogP contribution < -0.4 is 10.1 Å². The van der Waals surface area contributed by atoms with Crippen LogP contribution in [0.25, 0.3) is 20.8 Å². The predicted molar refractivity (Wildman–Crippen MR) is 168 cm³/mol. The number of halogens is 1. The number of carbonyl (C=O) groups is 2. The van der Waals surface area contributed by atoms with Crippen LogP contribution in [0.3, 0.4) is 0 Å². The average molecular weight is 617 g/mol. The Morgan fingerprint density at radius 3 is 2.59 bits per heavy atom. The Morgan fingerprint density at radius 2 is 1.86 bits per heavy atom. The molecule has 0 radical (unpaired) electrons. The molecule has 3 aromatic heterocycles. The van der Waals surface area contributed by atoms with Crippen LogP contribution in [-0.2, 0) is 22.5 Å². The van der Waals surface area contributed by atoms with Crippen molar-refractivity contribution in [2.45, 2.75) is 71.1 Å². The number of carbonyl (C=O) groups excluding carboxylic acids is 2. The summed E-state index contributed by atoms with van der Waals surface area (Å²) in [6, 6.07) is 12.6. The minimum atomic E-state index is -0.517. The maximum atomic E-state index is 15.0. The molecule has 1 saturated carbocycles. The van der Waals surface area contributed by atoms with Gasteiger partial charge < -0.3 is 14.8 Å². The number of nitrogens with zero attached hydrogens (tertiary/aromatic N) is 3. The molecule has 1 aliphatic carbocycles. The number of ether oxygens (including phenoxy) is 2. The monoisotopic (exact) mass is 616 g/mol. The summed E-state index contributed by atoms with van der Waals surface area (Å²) in [5.74, 6) is 0.806. The van der Waals surface area contributed by atoms with Crippen molar-refractivity contribution in [3.05, 3.63) is 71.8 Å². The van der Waals surface area contributed by atoms with E-state index in [2.05, 4.69) is 21.3 Å². The summed E-state index contributed by atoms with van der Waals surface area (Å²) in [7, 11) is 0. The number of Topliss-reactive ketones (excluding diaryl/α,β-unsaturated/α-hetero) is 1. The minimum absolute atomic E-state index is 0.0621. The van der Waals surface area contributed by atoms with E-state index in [0.29, 0.717) is 23.7 Å². The number of hydrogen-bond donors (Lipinski definition) is 1. The second kappa shape index (κ2) is 12.6. The standard InChI is InChI=1S/C34H37FN4O4S/c1-34(2,3)43-33(41)38-24-11-13-39(20-24)19-23-6-8-27(37-18-23)31-17-28-32(44-31)30(10-12-36-28)42-29-9-7-22(16-26(29)35)15-25(40)14-21-4-5-21/h6-10,12,16-18,21,24H,4-5,11,13-15,19-20H2,1-3H3,(H,38,41)/t24-/m1/s1. The van der Waals surface area contributed by atoms with Gasteiger partial charge in [-0.1, -0.05) is 12.1 Å². The molecule has 0 unspecified atom stereocenters. The summed E-state index contributed by atoms with van der Waals surface area (Å²) in [6.45, 7) is 7.95. The molecule has 4 aromatic rings. The molecule has 2 fully saturated rings. The van der Waals surface area contributed by atoms with Gasteiger partial charge in [-0.2, -0.15) is 0 Å². The number of likely N-dealkylation sites (tertiary alicyclic amines) is 1. The van der Waals surface area contributed by atoms with Gasteiger partial charge in [0.15, 0.2) is 11.6 Å². The number of aromatic nitrogens is 2. The van der Waals surface area contributed by atoms with Gasteiger partial charge in [0.25, 0.3) is 0 Å². The Balaban J connectivity index is 1.08. The molecule has 1 aliphatic heterocycles. The maximum Gasteiger partial charge on any atom is 0.407 e. The third-order valence-corrected chi connectivity index (χ3v) is 8.84. The van der Waals surface area contributed by atoms with Crippen molar-refractivity contribution in [1.82, 2.24) is 20.2 Å². The third kappa shape index (κ3) is 7.78. The lowest BCUT2D eigenvalue weighted by Gasteiger charge is -2.22. The number of ketones is 1. The summed E-state index contributed by atoms with van der Waals surface area (Å²) in [4.78, 5) is 36.8. The van der Waals surface area contributed by atoms with Gasteiger partial charge in [0.05, 0.1) is 20.8 Å². The van der Waals surface area contributed by atoms with Crippen LogP contribution in [0.5, 0.6) is 11.5 Å². The van der Waals surface area contributed by atoms with E-state index in [-0.39, 0.29) is 30.1 Å². The number of alkyl carbamates (subject to hydrolysis) is 1. The Morgan fingerprint density at radius 1 is 1.05 bits per heavy atom. The van der Waals surface area contributed by atoms with Crippen molar-refractivity contribution >= 4 is 33.4 Å². The second-order valence-electron chi connectivity index (χ2n) is 12.8. The Hall–Kier alpha value is -3.89. The molecule has 230 valence electrons. The SMILES string of the molecule is CC(C)(C)OC(=O)N[C@@H]1CCN(Cc2ccc(-c3cc4nccc(Oc5ccc(CC(=O)CC6CC6)cc5F)c4s3)nc2)C1. The quantitative estimate of drug-likeness (QED) is 0.200. The van der Waals surface area contributed by atoms with E-state index in [9.17, 15) is 14.0 Å². The van der Waals surface area contributed by atoms with Crippen molar-refractivity contribution < 1.29 is 23.5 Å².